The second kappa shape index (κ2) is 7.20. The smallest absolute Gasteiger partial charge is 0.161 e. The highest BCUT2D eigenvalue weighted by molar-refractivity contribution is 5.47. The van der Waals surface area contributed by atoms with Gasteiger partial charge in [-0.15, -0.1) is 0 Å². The zero-order valence-corrected chi connectivity index (χ0v) is 12.2. The van der Waals surface area contributed by atoms with E-state index in [2.05, 4.69) is 11.4 Å². The highest BCUT2D eigenvalue weighted by Gasteiger charge is 2.04. The van der Waals surface area contributed by atoms with Gasteiger partial charge in [0.15, 0.2) is 11.5 Å². The molecule has 0 aliphatic carbocycles. The van der Waals surface area contributed by atoms with Crippen LogP contribution in [0.15, 0.2) is 42.5 Å². The third-order valence-corrected chi connectivity index (χ3v) is 3.18. The number of hydrogen-bond donors (Lipinski definition) is 1. The Bertz CT molecular complexity index is 630. The van der Waals surface area contributed by atoms with Crippen LogP contribution in [0.25, 0.3) is 0 Å². The third-order valence-electron chi connectivity index (χ3n) is 3.18. The van der Waals surface area contributed by atoms with Crippen LogP contribution in [0.3, 0.4) is 0 Å². The summed E-state index contributed by atoms with van der Waals surface area (Å²) in [5.74, 6) is 1.45. The van der Waals surface area contributed by atoms with E-state index in [1.165, 1.54) is 0 Å². The fourth-order valence-corrected chi connectivity index (χ4v) is 2.03. The van der Waals surface area contributed by atoms with Gasteiger partial charge in [-0.25, -0.2) is 0 Å². The lowest BCUT2D eigenvalue weighted by atomic mass is 10.1. The van der Waals surface area contributed by atoms with E-state index in [0.29, 0.717) is 13.0 Å². The number of nitriles is 1. The molecule has 21 heavy (non-hydrogen) atoms. The average Bonchev–Trinajstić information content (AvgIpc) is 2.54. The van der Waals surface area contributed by atoms with Gasteiger partial charge in [0.05, 0.1) is 26.7 Å². The Balaban J connectivity index is 2.01. The van der Waals surface area contributed by atoms with Crippen LogP contribution < -0.4 is 14.8 Å². The number of benzene rings is 2. The van der Waals surface area contributed by atoms with Gasteiger partial charge in [0.25, 0.3) is 0 Å². The molecule has 0 saturated heterocycles. The molecule has 0 aliphatic heterocycles. The molecule has 0 unspecified atom stereocenters. The fraction of sp³-hybridized carbons (Fsp3) is 0.235. The summed E-state index contributed by atoms with van der Waals surface area (Å²) in [5, 5.41) is 12.0. The molecule has 1 N–H and O–H groups in total. The van der Waals surface area contributed by atoms with Gasteiger partial charge >= 0.3 is 0 Å². The molecule has 0 saturated carbocycles. The molecule has 2 aromatic carbocycles. The number of ether oxygens (including phenoxy) is 2. The Morgan fingerprint density at radius 1 is 0.952 bits per heavy atom. The molecule has 0 amide bonds. The second-order valence-corrected chi connectivity index (χ2v) is 4.57. The van der Waals surface area contributed by atoms with Crippen LogP contribution in [-0.2, 0) is 13.0 Å². The van der Waals surface area contributed by atoms with Crippen LogP contribution in [0.1, 0.15) is 11.1 Å². The van der Waals surface area contributed by atoms with Crippen molar-refractivity contribution in [3.8, 4) is 17.6 Å². The molecule has 2 rings (SSSR count). The average molecular weight is 282 g/mol. The first-order valence-electron chi connectivity index (χ1n) is 6.67. The van der Waals surface area contributed by atoms with E-state index in [1.54, 1.807) is 14.2 Å². The highest BCUT2D eigenvalue weighted by atomic mass is 16.5. The fourth-order valence-electron chi connectivity index (χ4n) is 2.03. The molecule has 0 radical (unpaired) electrons. The standard InChI is InChI=1S/C17H18N2O2/c1-20-16-8-5-14(11-17(16)21-2)12-19-15-6-3-13(4-7-15)9-10-18/h3-8,11,19H,9,12H2,1-2H3. The van der Waals surface area contributed by atoms with Gasteiger partial charge in [-0.2, -0.15) is 5.26 Å². The van der Waals surface area contributed by atoms with E-state index in [9.17, 15) is 0 Å². The van der Waals surface area contributed by atoms with Gasteiger partial charge in [-0.3, -0.25) is 0 Å². The summed E-state index contributed by atoms with van der Waals surface area (Å²) in [4.78, 5) is 0. The summed E-state index contributed by atoms with van der Waals surface area (Å²) in [6.07, 6.45) is 0.440. The largest absolute Gasteiger partial charge is 0.493 e. The molecule has 0 aromatic heterocycles. The Morgan fingerprint density at radius 3 is 2.24 bits per heavy atom. The van der Waals surface area contributed by atoms with Crippen molar-refractivity contribution in [1.82, 2.24) is 0 Å². The lowest BCUT2D eigenvalue weighted by molar-refractivity contribution is 0.354. The van der Waals surface area contributed by atoms with Gasteiger partial charge in [0.1, 0.15) is 0 Å². The van der Waals surface area contributed by atoms with Crippen molar-refractivity contribution in [3.05, 3.63) is 53.6 Å². The molecule has 2 aromatic rings. The van der Waals surface area contributed by atoms with Crippen LogP contribution in [0.2, 0.25) is 0 Å². The summed E-state index contributed by atoms with van der Waals surface area (Å²) in [6.45, 7) is 0.692. The predicted molar refractivity (Wildman–Crippen MR) is 82.6 cm³/mol. The SMILES string of the molecule is COc1ccc(CNc2ccc(CC#N)cc2)cc1OC. The highest BCUT2D eigenvalue weighted by Crippen LogP contribution is 2.27. The van der Waals surface area contributed by atoms with Gasteiger partial charge < -0.3 is 14.8 Å². The third kappa shape index (κ3) is 3.90. The Kier molecular flexibility index (Phi) is 5.05. The van der Waals surface area contributed by atoms with Gasteiger partial charge in [-0.1, -0.05) is 18.2 Å². The maximum atomic E-state index is 8.65. The van der Waals surface area contributed by atoms with E-state index in [4.69, 9.17) is 14.7 Å². The van der Waals surface area contributed by atoms with Crippen molar-refractivity contribution in [2.75, 3.05) is 19.5 Å². The summed E-state index contributed by atoms with van der Waals surface area (Å²) < 4.78 is 10.5. The van der Waals surface area contributed by atoms with Crippen LogP contribution in [0.4, 0.5) is 5.69 Å². The normalized spacial score (nSPS) is 9.76. The quantitative estimate of drug-likeness (QED) is 0.882. The van der Waals surface area contributed by atoms with E-state index < -0.39 is 0 Å². The van der Waals surface area contributed by atoms with E-state index >= 15 is 0 Å². The monoisotopic (exact) mass is 282 g/mol. The van der Waals surface area contributed by atoms with Gasteiger partial charge in [-0.05, 0) is 35.4 Å². The van der Waals surface area contributed by atoms with Crippen LogP contribution in [0.5, 0.6) is 11.5 Å². The number of nitrogens with one attached hydrogen (secondary N) is 1. The van der Waals surface area contributed by atoms with Gasteiger partial charge in [0, 0.05) is 12.2 Å². The molecule has 108 valence electrons. The number of nitrogens with zero attached hydrogens (tertiary/aromatic N) is 1. The molecule has 0 atom stereocenters. The molecular formula is C17H18N2O2. The minimum absolute atomic E-state index is 0.440. The molecule has 0 bridgehead atoms. The summed E-state index contributed by atoms with van der Waals surface area (Å²) in [6, 6.07) is 15.9. The summed E-state index contributed by atoms with van der Waals surface area (Å²) in [5.41, 5.74) is 3.15. The Morgan fingerprint density at radius 2 is 1.62 bits per heavy atom. The van der Waals surface area contributed by atoms with Crippen LogP contribution in [0, 0.1) is 11.3 Å². The number of methoxy groups -OCH3 is 2. The minimum atomic E-state index is 0.440. The van der Waals surface area contributed by atoms with E-state index in [1.807, 2.05) is 42.5 Å². The van der Waals surface area contributed by atoms with Crippen molar-refractivity contribution in [1.29, 1.82) is 5.26 Å². The molecular weight excluding hydrogens is 264 g/mol. The van der Waals surface area contributed by atoms with Crippen molar-refractivity contribution in [3.63, 3.8) is 0 Å². The lowest BCUT2D eigenvalue weighted by Crippen LogP contribution is -2.00. The Hall–Kier alpha value is -2.67. The van der Waals surface area contributed by atoms with Crippen molar-refractivity contribution >= 4 is 5.69 Å². The van der Waals surface area contributed by atoms with Crippen molar-refractivity contribution in [2.45, 2.75) is 13.0 Å². The summed E-state index contributed by atoms with van der Waals surface area (Å²) >= 11 is 0. The Labute approximate surface area is 124 Å². The molecule has 0 spiro atoms. The first kappa shape index (κ1) is 14.7. The van der Waals surface area contributed by atoms with Crippen molar-refractivity contribution in [2.24, 2.45) is 0 Å². The molecule has 0 heterocycles. The van der Waals surface area contributed by atoms with Crippen molar-refractivity contribution < 1.29 is 9.47 Å². The first-order valence-corrected chi connectivity index (χ1v) is 6.67. The van der Waals surface area contributed by atoms with E-state index in [-0.39, 0.29) is 0 Å². The van der Waals surface area contributed by atoms with Gasteiger partial charge in [0.2, 0.25) is 0 Å². The lowest BCUT2D eigenvalue weighted by Gasteiger charge is -2.11. The van der Waals surface area contributed by atoms with Crippen LogP contribution in [-0.4, -0.2) is 14.2 Å². The number of rotatable bonds is 6. The number of hydrogen-bond acceptors (Lipinski definition) is 4. The molecule has 4 heteroatoms. The maximum absolute atomic E-state index is 8.65. The zero-order valence-electron chi connectivity index (χ0n) is 12.2. The number of anilines is 1. The second-order valence-electron chi connectivity index (χ2n) is 4.57. The molecule has 4 nitrogen and oxygen atoms in total. The minimum Gasteiger partial charge on any atom is -0.493 e. The maximum Gasteiger partial charge on any atom is 0.161 e. The van der Waals surface area contributed by atoms with E-state index in [0.717, 1.165) is 28.3 Å². The zero-order chi connectivity index (χ0) is 15.1. The summed E-state index contributed by atoms with van der Waals surface area (Å²) in [7, 11) is 3.25. The first-order chi connectivity index (χ1) is 10.3. The van der Waals surface area contributed by atoms with Crippen LogP contribution >= 0.6 is 0 Å². The topological polar surface area (TPSA) is 54.3 Å². The molecule has 0 aliphatic rings. The molecule has 0 fully saturated rings. The predicted octanol–water partition coefficient (Wildman–Crippen LogP) is 3.38.